The van der Waals surface area contributed by atoms with Crippen LogP contribution in [0.1, 0.15) is 0 Å². The standard InChI is InChI=1S/C10H10Cl2N2O5/c11-7-3-6(14(17)18)4-8(12)10(7)13-1-2-19-5-9(15)16/h3-4,13H,1-2,5H2,(H,15,16). The summed E-state index contributed by atoms with van der Waals surface area (Å²) in [6.07, 6.45) is 0. The van der Waals surface area contributed by atoms with Gasteiger partial charge in [-0.05, 0) is 0 Å². The molecule has 0 aliphatic heterocycles. The number of hydrogen-bond acceptors (Lipinski definition) is 5. The largest absolute Gasteiger partial charge is 0.480 e. The number of rotatable bonds is 7. The summed E-state index contributed by atoms with van der Waals surface area (Å²) in [4.78, 5) is 20.2. The van der Waals surface area contributed by atoms with Crippen LogP contribution in [0.15, 0.2) is 12.1 Å². The number of carbonyl (C=O) groups is 1. The number of anilines is 1. The number of halogens is 2. The van der Waals surface area contributed by atoms with Crippen LogP contribution in [0.25, 0.3) is 0 Å². The molecule has 104 valence electrons. The zero-order valence-electron chi connectivity index (χ0n) is 9.56. The van der Waals surface area contributed by atoms with Gasteiger partial charge in [0.15, 0.2) is 0 Å². The third-order valence-corrected chi connectivity index (χ3v) is 2.61. The molecule has 0 aliphatic carbocycles. The van der Waals surface area contributed by atoms with Crippen LogP contribution in [0.2, 0.25) is 10.0 Å². The van der Waals surface area contributed by atoms with Crippen molar-refractivity contribution in [3.63, 3.8) is 0 Å². The van der Waals surface area contributed by atoms with Gasteiger partial charge in [0.05, 0.1) is 27.3 Å². The second-order valence-electron chi connectivity index (χ2n) is 3.41. The number of carboxylic acid groups (broad SMARTS) is 1. The Bertz CT molecular complexity index is 472. The van der Waals surface area contributed by atoms with E-state index in [1.54, 1.807) is 0 Å². The number of ether oxygens (including phenoxy) is 1. The highest BCUT2D eigenvalue weighted by molar-refractivity contribution is 6.39. The van der Waals surface area contributed by atoms with Crippen molar-refractivity contribution in [3.05, 3.63) is 32.3 Å². The Balaban J connectivity index is 2.59. The van der Waals surface area contributed by atoms with Gasteiger partial charge >= 0.3 is 5.97 Å². The Kier molecular flexibility index (Phi) is 5.81. The lowest BCUT2D eigenvalue weighted by atomic mass is 10.3. The minimum atomic E-state index is -1.06. The van der Waals surface area contributed by atoms with Gasteiger partial charge in [0, 0.05) is 18.7 Å². The first kappa shape index (κ1) is 15.5. The van der Waals surface area contributed by atoms with E-state index in [2.05, 4.69) is 5.32 Å². The van der Waals surface area contributed by atoms with E-state index in [4.69, 9.17) is 33.0 Å². The van der Waals surface area contributed by atoms with E-state index < -0.39 is 17.5 Å². The van der Waals surface area contributed by atoms with Crippen LogP contribution in [0.4, 0.5) is 11.4 Å². The molecule has 9 heteroatoms. The predicted molar refractivity (Wildman–Crippen MR) is 70.1 cm³/mol. The van der Waals surface area contributed by atoms with Crippen molar-refractivity contribution in [2.24, 2.45) is 0 Å². The zero-order valence-corrected chi connectivity index (χ0v) is 11.1. The maximum atomic E-state index is 10.6. The van der Waals surface area contributed by atoms with Crippen molar-refractivity contribution in [2.45, 2.75) is 0 Å². The maximum absolute atomic E-state index is 10.6. The second kappa shape index (κ2) is 7.13. The molecule has 0 bridgehead atoms. The third-order valence-electron chi connectivity index (χ3n) is 2.01. The van der Waals surface area contributed by atoms with Crippen LogP contribution < -0.4 is 5.32 Å². The van der Waals surface area contributed by atoms with Gasteiger partial charge in [0.2, 0.25) is 0 Å². The number of non-ortho nitro benzene ring substituents is 1. The van der Waals surface area contributed by atoms with Gasteiger partial charge < -0.3 is 15.2 Å². The summed E-state index contributed by atoms with van der Waals surface area (Å²) in [6, 6.07) is 2.35. The van der Waals surface area contributed by atoms with Crippen LogP contribution in [0.5, 0.6) is 0 Å². The molecule has 0 fully saturated rings. The molecule has 0 heterocycles. The van der Waals surface area contributed by atoms with Gasteiger partial charge in [-0.3, -0.25) is 10.1 Å². The van der Waals surface area contributed by atoms with Crippen molar-refractivity contribution in [2.75, 3.05) is 25.1 Å². The van der Waals surface area contributed by atoms with Crippen molar-refractivity contribution >= 4 is 40.5 Å². The molecule has 0 amide bonds. The average Bonchev–Trinajstić information content (AvgIpc) is 2.30. The van der Waals surface area contributed by atoms with E-state index >= 15 is 0 Å². The van der Waals surface area contributed by atoms with Gasteiger partial charge in [-0.25, -0.2) is 4.79 Å². The Morgan fingerprint density at radius 1 is 1.42 bits per heavy atom. The molecular formula is C10H10Cl2N2O5. The van der Waals surface area contributed by atoms with Crippen LogP contribution in [0, 0.1) is 10.1 Å². The summed E-state index contributed by atoms with van der Waals surface area (Å²) in [7, 11) is 0. The Labute approximate surface area is 118 Å². The summed E-state index contributed by atoms with van der Waals surface area (Å²) in [5.41, 5.74) is 0.135. The van der Waals surface area contributed by atoms with Gasteiger partial charge in [0.25, 0.3) is 5.69 Å². The van der Waals surface area contributed by atoms with Crippen molar-refractivity contribution in [3.8, 4) is 0 Å². The number of nitro benzene ring substituents is 1. The number of carboxylic acids is 1. The number of benzene rings is 1. The van der Waals surface area contributed by atoms with Gasteiger partial charge in [0.1, 0.15) is 6.61 Å². The molecule has 0 atom stereocenters. The van der Waals surface area contributed by atoms with Gasteiger partial charge in [-0.15, -0.1) is 0 Å². The fourth-order valence-electron chi connectivity index (χ4n) is 1.24. The number of nitro groups is 1. The number of aliphatic carboxylic acids is 1. The van der Waals surface area contributed by atoms with E-state index in [0.717, 1.165) is 0 Å². The lowest BCUT2D eigenvalue weighted by Gasteiger charge is -2.10. The van der Waals surface area contributed by atoms with E-state index in [0.29, 0.717) is 5.69 Å². The van der Waals surface area contributed by atoms with Crippen molar-refractivity contribution in [1.82, 2.24) is 0 Å². The Morgan fingerprint density at radius 2 is 2.00 bits per heavy atom. The maximum Gasteiger partial charge on any atom is 0.329 e. The van der Waals surface area contributed by atoms with E-state index in [1.807, 2.05) is 0 Å². The quantitative estimate of drug-likeness (QED) is 0.455. The first-order valence-corrected chi connectivity index (χ1v) is 5.84. The molecule has 1 rings (SSSR count). The van der Waals surface area contributed by atoms with E-state index in [9.17, 15) is 14.9 Å². The highest BCUT2D eigenvalue weighted by Gasteiger charge is 2.14. The molecule has 0 aromatic heterocycles. The molecule has 0 radical (unpaired) electrons. The smallest absolute Gasteiger partial charge is 0.329 e. The van der Waals surface area contributed by atoms with Crippen LogP contribution in [-0.4, -0.2) is 35.8 Å². The summed E-state index contributed by atoms with van der Waals surface area (Å²) < 4.78 is 4.80. The normalized spacial score (nSPS) is 10.2. The van der Waals surface area contributed by atoms with Crippen LogP contribution in [0.3, 0.4) is 0 Å². The lowest BCUT2D eigenvalue weighted by Crippen LogP contribution is -2.14. The number of hydrogen-bond donors (Lipinski definition) is 2. The molecule has 0 aliphatic rings. The third kappa shape index (κ3) is 4.90. The Hall–Kier alpha value is -1.57. The molecular weight excluding hydrogens is 299 g/mol. The molecule has 2 N–H and O–H groups in total. The second-order valence-corrected chi connectivity index (χ2v) is 4.23. The monoisotopic (exact) mass is 308 g/mol. The first-order valence-electron chi connectivity index (χ1n) is 5.08. The van der Waals surface area contributed by atoms with Crippen LogP contribution in [-0.2, 0) is 9.53 Å². The molecule has 1 aromatic rings. The predicted octanol–water partition coefficient (Wildman–Crippen LogP) is 2.41. The first-order chi connectivity index (χ1) is 8.91. The van der Waals surface area contributed by atoms with Crippen molar-refractivity contribution in [1.29, 1.82) is 0 Å². The van der Waals surface area contributed by atoms with E-state index in [-0.39, 0.29) is 28.9 Å². The summed E-state index contributed by atoms with van der Waals surface area (Å²) in [5, 5.41) is 22.0. The summed E-state index contributed by atoms with van der Waals surface area (Å²) in [5.74, 6) is -1.06. The number of nitrogens with zero attached hydrogens (tertiary/aromatic N) is 1. The molecule has 0 spiro atoms. The van der Waals surface area contributed by atoms with Crippen LogP contribution >= 0.6 is 23.2 Å². The Morgan fingerprint density at radius 3 is 2.47 bits per heavy atom. The number of nitrogens with one attached hydrogen (secondary N) is 1. The SMILES string of the molecule is O=C(O)COCCNc1c(Cl)cc([N+](=O)[O-])cc1Cl. The van der Waals surface area contributed by atoms with Crippen molar-refractivity contribution < 1.29 is 19.6 Å². The molecule has 19 heavy (non-hydrogen) atoms. The molecule has 1 aromatic carbocycles. The topological polar surface area (TPSA) is 102 Å². The molecule has 0 saturated carbocycles. The molecule has 7 nitrogen and oxygen atoms in total. The van der Waals surface area contributed by atoms with Gasteiger partial charge in [-0.2, -0.15) is 0 Å². The molecule has 0 saturated heterocycles. The summed E-state index contributed by atoms with van der Waals surface area (Å²) >= 11 is 11.7. The minimum absolute atomic E-state index is 0.109. The minimum Gasteiger partial charge on any atom is -0.480 e. The highest BCUT2D eigenvalue weighted by atomic mass is 35.5. The van der Waals surface area contributed by atoms with E-state index in [1.165, 1.54) is 12.1 Å². The highest BCUT2D eigenvalue weighted by Crippen LogP contribution is 2.34. The zero-order chi connectivity index (χ0) is 14.4. The average molecular weight is 309 g/mol. The van der Waals surface area contributed by atoms with Gasteiger partial charge in [-0.1, -0.05) is 23.2 Å². The summed E-state index contributed by atoms with van der Waals surface area (Å²) in [6.45, 7) is 0.00385. The fourth-order valence-corrected chi connectivity index (χ4v) is 1.85. The molecule has 0 unspecified atom stereocenters. The fraction of sp³-hybridized carbons (Fsp3) is 0.300. The lowest BCUT2D eigenvalue weighted by molar-refractivity contribution is -0.384.